The molecular formula is C23H35ClN2O3. The van der Waals surface area contributed by atoms with Crippen LogP contribution in [-0.4, -0.2) is 38.8 Å². The molecule has 1 aromatic carbocycles. The van der Waals surface area contributed by atoms with Crippen LogP contribution in [0.25, 0.3) is 0 Å². The molecule has 29 heavy (non-hydrogen) atoms. The number of carbonyl (C=O) groups excluding carboxylic acids is 1. The van der Waals surface area contributed by atoms with Crippen LogP contribution < -0.4 is 20.1 Å². The molecule has 0 spiro atoms. The Kier molecular flexibility index (Phi) is 7.69. The average molecular weight is 423 g/mol. The van der Waals surface area contributed by atoms with Crippen molar-refractivity contribution in [2.45, 2.75) is 57.3 Å². The summed E-state index contributed by atoms with van der Waals surface area (Å²) in [5.74, 6) is 3.01. The molecule has 1 aromatic rings. The van der Waals surface area contributed by atoms with Gasteiger partial charge in [0.15, 0.2) is 11.5 Å². The Labute approximate surface area is 180 Å². The molecule has 2 fully saturated rings. The van der Waals surface area contributed by atoms with Gasteiger partial charge in [0.1, 0.15) is 13.2 Å². The molecule has 1 unspecified atom stereocenters. The van der Waals surface area contributed by atoms with E-state index >= 15 is 0 Å². The number of hydrogen-bond donors (Lipinski definition) is 2. The van der Waals surface area contributed by atoms with E-state index in [-0.39, 0.29) is 23.7 Å². The quantitative estimate of drug-likeness (QED) is 0.731. The molecule has 2 N–H and O–H groups in total. The second kappa shape index (κ2) is 10.0. The molecule has 4 rings (SSSR count). The monoisotopic (exact) mass is 422 g/mol. The smallest absolute Gasteiger partial charge is 0.220 e. The van der Waals surface area contributed by atoms with Crippen LogP contribution in [0, 0.1) is 11.8 Å². The van der Waals surface area contributed by atoms with Crippen LogP contribution in [0.5, 0.6) is 11.5 Å². The Morgan fingerprint density at radius 2 is 1.86 bits per heavy atom. The zero-order valence-corrected chi connectivity index (χ0v) is 18.3. The first kappa shape index (κ1) is 22.2. The summed E-state index contributed by atoms with van der Waals surface area (Å²) in [5.41, 5.74) is 1.31. The van der Waals surface area contributed by atoms with E-state index in [1.165, 1.54) is 31.2 Å². The SMILES string of the molecule is CC(CC(=O)NCC1(c2ccc3c(c2)OCCO3)CCCC1)C1CCNCC1.Cl. The minimum atomic E-state index is 0. The van der Waals surface area contributed by atoms with Gasteiger partial charge in [0.05, 0.1) is 0 Å². The van der Waals surface area contributed by atoms with Gasteiger partial charge in [-0.3, -0.25) is 4.79 Å². The first-order valence-electron chi connectivity index (χ1n) is 11.0. The van der Waals surface area contributed by atoms with Crippen LogP contribution in [0.3, 0.4) is 0 Å². The van der Waals surface area contributed by atoms with Crippen LogP contribution in [0.1, 0.15) is 57.4 Å². The fourth-order valence-corrected chi connectivity index (χ4v) is 5.20. The lowest BCUT2D eigenvalue weighted by Gasteiger charge is -2.32. The van der Waals surface area contributed by atoms with Gasteiger partial charge in [-0.2, -0.15) is 0 Å². The number of piperidine rings is 1. The van der Waals surface area contributed by atoms with Crippen LogP contribution >= 0.6 is 12.4 Å². The molecule has 0 radical (unpaired) electrons. The molecule has 6 heteroatoms. The zero-order valence-electron chi connectivity index (χ0n) is 17.5. The second-order valence-electron chi connectivity index (χ2n) is 8.89. The van der Waals surface area contributed by atoms with E-state index < -0.39 is 0 Å². The third-order valence-corrected chi connectivity index (χ3v) is 7.04. The fraction of sp³-hybridized carbons (Fsp3) is 0.696. The van der Waals surface area contributed by atoms with Gasteiger partial charge in [-0.05, 0) is 68.3 Å². The first-order valence-corrected chi connectivity index (χ1v) is 11.0. The molecule has 1 aliphatic carbocycles. The lowest BCUT2D eigenvalue weighted by Crippen LogP contribution is -2.40. The van der Waals surface area contributed by atoms with Gasteiger partial charge in [-0.15, -0.1) is 12.4 Å². The number of ether oxygens (including phenoxy) is 2. The molecule has 2 heterocycles. The van der Waals surface area contributed by atoms with Crippen molar-refractivity contribution in [3.8, 4) is 11.5 Å². The predicted octanol–water partition coefficient (Wildman–Crippen LogP) is 3.83. The van der Waals surface area contributed by atoms with E-state index in [4.69, 9.17) is 9.47 Å². The van der Waals surface area contributed by atoms with E-state index in [1.807, 2.05) is 6.07 Å². The van der Waals surface area contributed by atoms with E-state index in [0.717, 1.165) is 44.0 Å². The van der Waals surface area contributed by atoms with Gasteiger partial charge < -0.3 is 20.1 Å². The third kappa shape index (κ3) is 5.18. The maximum absolute atomic E-state index is 12.7. The van der Waals surface area contributed by atoms with Crippen molar-refractivity contribution in [3.63, 3.8) is 0 Å². The molecule has 0 bridgehead atoms. The topological polar surface area (TPSA) is 59.6 Å². The standard InChI is InChI=1S/C23H34N2O3.ClH/c1-17(18-6-10-24-11-7-18)14-22(26)25-16-23(8-2-3-9-23)19-4-5-20-21(15-19)28-13-12-27-20;/h4-5,15,17-18,24H,2-3,6-14,16H2,1H3,(H,25,26);1H. The summed E-state index contributed by atoms with van der Waals surface area (Å²) in [7, 11) is 0. The molecule has 1 saturated heterocycles. The summed E-state index contributed by atoms with van der Waals surface area (Å²) in [4.78, 5) is 12.7. The van der Waals surface area contributed by atoms with Crippen molar-refractivity contribution in [3.05, 3.63) is 23.8 Å². The number of nitrogens with one attached hydrogen (secondary N) is 2. The van der Waals surface area contributed by atoms with Crippen LogP contribution in [0.4, 0.5) is 0 Å². The largest absolute Gasteiger partial charge is 0.486 e. The minimum Gasteiger partial charge on any atom is -0.486 e. The lowest BCUT2D eigenvalue weighted by molar-refractivity contribution is -0.122. The summed E-state index contributed by atoms with van der Waals surface area (Å²) in [5, 5.41) is 6.70. The number of carbonyl (C=O) groups is 1. The highest BCUT2D eigenvalue weighted by Crippen LogP contribution is 2.43. The van der Waals surface area contributed by atoms with Crippen molar-refractivity contribution in [1.82, 2.24) is 10.6 Å². The van der Waals surface area contributed by atoms with Crippen LogP contribution in [0.15, 0.2) is 18.2 Å². The summed E-state index contributed by atoms with van der Waals surface area (Å²) in [6, 6.07) is 6.34. The summed E-state index contributed by atoms with van der Waals surface area (Å²) in [6.45, 7) is 6.36. The molecule has 1 amide bonds. The van der Waals surface area contributed by atoms with Crippen LogP contribution in [-0.2, 0) is 10.2 Å². The molecule has 1 atom stereocenters. The summed E-state index contributed by atoms with van der Waals surface area (Å²) < 4.78 is 11.5. The molecule has 0 aromatic heterocycles. The molecule has 2 aliphatic heterocycles. The minimum absolute atomic E-state index is 0. The Balaban J connectivity index is 0.00000240. The van der Waals surface area contributed by atoms with E-state index in [0.29, 0.717) is 31.5 Å². The Morgan fingerprint density at radius 3 is 2.59 bits per heavy atom. The molecule has 1 saturated carbocycles. The van der Waals surface area contributed by atoms with Gasteiger partial charge in [-0.1, -0.05) is 25.8 Å². The van der Waals surface area contributed by atoms with Crippen molar-refractivity contribution >= 4 is 18.3 Å². The van der Waals surface area contributed by atoms with Gasteiger partial charge in [0.25, 0.3) is 0 Å². The molecule has 3 aliphatic rings. The number of hydrogen-bond acceptors (Lipinski definition) is 4. The maximum Gasteiger partial charge on any atom is 0.220 e. The van der Waals surface area contributed by atoms with E-state index in [2.05, 4.69) is 29.7 Å². The number of halogens is 1. The maximum atomic E-state index is 12.7. The van der Waals surface area contributed by atoms with Gasteiger partial charge in [0, 0.05) is 18.4 Å². The van der Waals surface area contributed by atoms with Crippen molar-refractivity contribution in [2.75, 3.05) is 32.8 Å². The number of amides is 1. The number of benzene rings is 1. The molecular weight excluding hydrogens is 388 g/mol. The predicted molar refractivity (Wildman–Crippen MR) is 117 cm³/mol. The van der Waals surface area contributed by atoms with E-state index in [1.54, 1.807) is 0 Å². The highest BCUT2D eigenvalue weighted by Gasteiger charge is 2.37. The molecule has 162 valence electrons. The summed E-state index contributed by atoms with van der Waals surface area (Å²) in [6.07, 6.45) is 7.70. The first-order chi connectivity index (χ1) is 13.7. The number of rotatable bonds is 6. The van der Waals surface area contributed by atoms with Gasteiger partial charge >= 0.3 is 0 Å². The molecule has 5 nitrogen and oxygen atoms in total. The lowest BCUT2D eigenvalue weighted by atomic mass is 9.78. The second-order valence-corrected chi connectivity index (χ2v) is 8.89. The van der Waals surface area contributed by atoms with Gasteiger partial charge in [-0.25, -0.2) is 0 Å². The van der Waals surface area contributed by atoms with Crippen molar-refractivity contribution in [1.29, 1.82) is 0 Å². The van der Waals surface area contributed by atoms with E-state index in [9.17, 15) is 4.79 Å². The Bertz CT molecular complexity index is 685. The van der Waals surface area contributed by atoms with Gasteiger partial charge in [0.2, 0.25) is 5.91 Å². The zero-order chi connectivity index (χ0) is 19.4. The highest BCUT2D eigenvalue weighted by atomic mass is 35.5. The Hall–Kier alpha value is -1.46. The Morgan fingerprint density at radius 1 is 1.17 bits per heavy atom. The number of fused-ring (bicyclic) bond motifs is 1. The van der Waals surface area contributed by atoms with Crippen LogP contribution in [0.2, 0.25) is 0 Å². The average Bonchev–Trinajstić information content (AvgIpc) is 3.23. The fourth-order valence-electron chi connectivity index (χ4n) is 5.20. The van der Waals surface area contributed by atoms with Crippen molar-refractivity contribution < 1.29 is 14.3 Å². The van der Waals surface area contributed by atoms with Crippen molar-refractivity contribution in [2.24, 2.45) is 11.8 Å². The highest BCUT2D eigenvalue weighted by molar-refractivity contribution is 5.85. The summed E-state index contributed by atoms with van der Waals surface area (Å²) >= 11 is 0. The normalized spacial score (nSPS) is 21.8. The third-order valence-electron chi connectivity index (χ3n) is 7.04.